The molecule has 0 aliphatic rings. The molecule has 0 bridgehead atoms. The zero-order chi connectivity index (χ0) is 21.5. The quantitative estimate of drug-likeness (QED) is 0.240. The number of ether oxygens (including phenoxy) is 1. The summed E-state index contributed by atoms with van der Waals surface area (Å²) in [4.78, 5) is 22.9. The molecule has 3 rings (SSSR count). The number of amides is 1. The number of nitro benzene ring substituents is 1. The number of hydrogen-bond acceptors (Lipinski definition) is 7. The van der Waals surface area contributed by atoms with Gasteiger partial charge >= 0.3 is 0 Å². The topological polar surface area (TPSA) is 112 Å². The number of aromatic nitrogens is 3. The van der Waals surface area contributed by atoms with E-state index in [4.69, 9.17) is 4.74 Å². The van der Waals surface area contributed by atoms with Gasteiger partial charge in [-0.1, -0.05) is 42.1 Å². The lowest BCUT2D eigenvalue weighted by atomic mass is 10.2. The van der Waals surface area contributed by atoms with Gasteiger partial charge in [-0.05, 0) is 18.2 Å². The summed E-state index contributed by atoms with van der Waals surface area (Å²) in [5.41, 5.74) is 0.755. The SMILES string of the molecule is C=CCn1c(SCC(=O)Nc2ccccc2[N+](=O)[O-])nnc1-c1ccccc1OC. The van der Waals surface area contributed by atoms with Crippen LogP contribution in [0.3, 0.4) is 0 Å². The highest BCUT2D eigenvalue weighted by molar-refractivity contribution is 7.99. The van der Waals surface area contributed by atoms with E-state index in [1.807, 2.05) is 28.8 Å². The molecule has 0 aliphatic heterocycles. The molecule has 1 amide bonds. The van der Waals surface area contributed by atoms with Crippen molar-refractivity contribution in [3.05, 3.63) is 71.3 Å². The number of carbonyl (C=O) groups is 1. The normalized spacial score (nSPS) is 10.4. The van der Waals surface area contributed by atoms with E-state index in [0.717, 1.165) is 5.56 Å². The van der Waals surface area contributed by atoms with Gasteiger partial charge in [-0.3, -0.25) is 19.5 Å². The number of methoxy groups -OCH3 is 1. The molecule has 3 aromatic rings. The summed E-state index contributed by atoms with van der Waals surface area (Å²) in [6.07, 6.45) is 1.71. The fourth-order valence-electron chi connectivity index (χ4n) is 2.77. The van der Waals surface area contributed by atoms with Crippen molar-refractivity contribution < 1.29 is 14.5 Å². The average molecular weight is 425 g/mol. The predicted molar refractivity (Wildman–Crippen MR) is 115 cm³/mol. The lowest BCUT2D eigenvalue weighted by Gasteiger charge is -2.10. The van der Waals surface area contributed by atoms with Crippen LogP contribution in [0.5, 0.6) is 5.75 Å². The van der Waals surface area contributed by atoms with Crippen molar-refractivity contribution in [2.24, 2.45) is 0 Å². The van der Waals surface area contributed by atoms with Gasteiger partial charge in [0.15, 0.2) is 11.0 Å². The highest BCUT2D eigenvalue weighted by atomic mass is 32.2. The van der Waals surface area contributed by atoms with Gasteiger partial charge in [0.25, 0.3) is 5.69 Å². The van der Waals surface area contributed by atoms with Crippen molar-refractivity contribution in [1.82, 2.24) is 14.8 Å². The van der Waals surface area contributed by atoms with Gasteiger partial charge in [-0.2, -0.15) is 0 Å². The average Bonchev–Trinajstić information content (AvgIpc) is 3.15. The summed E-state index contributed by atoms with van der Waals surface area (Å²) in [7, 11) is 1.58. The number of nitro groups is 1. The van der Waals surface area contributed by atoms with Gasteiger partial charge in [-0.15, -0.1) is 16.8 Å². The molecule has 0 spiro atoms. The zero-order valence-corrected chi connectivity index (χ0v) is 17.0. The van der Waals surface area contributed by atoms with Crippen LogP contribution in [0.4, 0.5) is 11.4 Å². The van der Waals surface area contributed by atoms with Crippen molar-refractivity contribution in [3.8, 4) is 17.1 Å². The number of anilines is 1. The third-order valence-electron chi connectivity index (χ3n) is 4.08. The molecule has 0 saturated carbocycles. The van der Waals surface area contributed by atoms with Crippen molar-refractivity contribution in [2.75, 3.05) is 18.2 Å². The van der Waals surface area contributed by atoms with E-state index in [-0.39, 0.29) is 23.0 Å². The smallest absolute Gasteiger partial charge is 0.292 e. The Hall–Kier alpha value is -3.66. The molecular weight excluding hydrogens is 406 g/mol. The molecule has 0 unspecified atom stereocenters. The maximum absolute atomic E-state index is 12.4. The minimum Gasteiger partial charge on any atom is -0.496 e. The van der Waals surface area contributed by atoms with Gasteiger partial charge in [-0.25, -0.2) is 0 Å². The summed E-state index contributed by atoms with van der Waals surface area (Å²) in [6, 6.07) is 13.4. The zero-order valence-electron chi connectivity index (χ0n) is 16.1. The van der Waals surface area contributed by atoms with Crippen LogP contribution in [-0.4, -0.2) is 38.5 Å². The number of hydrogen-bond donors (Lipinski definition) is 1. The highest BCUT2D eigenvalue weighted by Crippen LogP contribution is 2.31. The first-order valence-corrected chi connectivity index (χ1v) is 9.87. The summed E-state index contributed by atoms with van der Waals surface area (Å²) in [5.74, 6) is 0.865. The van der Waals surface area contributed by atoms with Gasteiger partial charge in [0, 0.05) is 12.6 Å². The van der Waals surface area contributed by atoms with Crippen LogP contribution in [0.2, 0.25) is 0 Å². The number of rotatable bonds is 9. The fraction of sp³-hybridized carbons (Fsp3) is 0.150. The van der Waals surface area contributed by atoms with Crippen molar-refractivity contribution >= 4 is 29.0 Å². The third kappa shape index (κ3) is 4.66. The second kappa shape index (κ2) is 9.70. The minimum absolute atomic E-state index is 0.00719. The Morgan fingerprint density at radius 1 is 1.27 bits per heavy atom. The Kier molecular flexibility index (Phi) is 6.81. The van der Waals surface area contributed by atoms with E-state index in [1.165, 1.54) is 23.9 Å². The molecule has 0 fully saturated rings. The van der Waals surface area contributed by atoms with Crippen LogP contribution < -0.4 is 10.1 Å². The molecule has 0 saturated heterocycles. The summed E-state index contributed by atoms with van der Waals surface area (Å²) >= 11 is 1.18. The van der Waals surface area contributed by atoms with Gasteiger partial charge in [0.05, 0.1) is 23.3 Å². The molecule has 0 radical (unpaired) electrons. The van der Waals surface area contributed by atoms with Crippen molar-refractivity contribution in [1.29, 1.82) is 0 Å². The maximum atomic E-state index is 12.4. The number of allylic oxidation sites excluding steroid dienone is 1. The molecule has 2 aromatic carbocycles. The Morgan fingerprint density at radius 3 is 2.73 bits per heavy atom. The number of benzene rings is 2. The van der Waals surface area contributed by atoms with E-state index < -0.39 is 4.92 Å². The van der Waals surface area contributed by atoms with E-state index >= 15 is 0 Å². The standard InChI is InChI=1S/C20H19N5O4S/c1-3-12-24-19(14-8-4-7-11-17(14)29-2)22-23-20(24)30-13-18(26)21-15-9-5-6-10-16(15)25(27)28/h3-11H,1,12-13H2,2H3,(H,21,26). The van der Waals surface area contributed by atoms with Crippen LogP contribution in [0.15, 0.2) is 66.3 Å². The molecule has 9 nitrogen and oxygen atoms in total. The number of carbonyl (C=O) groups excluding carboxylic acids is 1. The van der Waals surface area contributed by atoms with Gasteiger partial charge < -0.3 is 10.1 Å². The minimum atomic E-state index is -0.539. The molecule has 1 heterocycles. The molecule has 1 N–H and O–H groups in total. The molecule has 10 heteroatoms. The molecule has 1 aromatic heterocycles. The fourth-order valence-corrected chi connectivity index (χ4v) is 3.52. The van der Waals surface area contributed by atoms with Gasteiger partial charge in [0.1, 0.15) is 11.4 Å². The number of nitrogens with one attached hydrogen (secondary N) is 1. The first-order valence-electron chi connectivity index (χ1n) is 8.88. The molecular formula is C20H19N5O4S. The largest absolute Gasteiger partial charge is 0.496 e. The second-order valence-corrected chi connectivity index (χ2v) is 6.96. The van der Waals surface area contributed by atoms with Crippen molar-refractivity contribution in [2.45, 2.75) is 11.7 Å². The number of nitrogens with zero attached hydrogens (tertiary/aromatic N) is 4. The van der Waals surface area contributed by atoms with Crippen molar-refractivity contribution in [3.63, 3.8) is 0 Å². The molecule has 0 aliphatic carbocycles. The molecule has 0 atom stereocenters. The first-order chi connectivity index (χ1) is 14.5. The number of thioether (sulfide) groups is 1. The Labute approximate surface area is 176 Å². The number of para-hydroxylation sites is 3. The Bertz CT molecular complexity index is 1080. The highest BCUT2D eigenvalue weighted by Gasteiger charge is 2.19. The maximum Gasteiger partial charge on any atom is 0.292 e. The lowest BCUT2D eigenvalue weighted by molar-refractivity contribution is -0.383. The van der Waals surface area contributed by atoms with Crippen LogP contribution in [0.25, 0.3) is 11.4 Å². The summed E-state index contributed by atoms with van der Waals surface area (Å²) in [6.45, 7) is 4.21. The Balaban J connectivity index is 1.77. The second-order valence-electron chi connectivity index (χ2n) is 6.02. The molecule has 30 heavy (non-hydrogen) atoms. The van der Waals surface area contributed by atoms with Crippen LogP contribution in [0, 0.1) is 10.1 Å². The van der Waals surface area contributed by atoms with E-state index in [0.29, 0.717) is 23.3 Å². The monoisotopic (exact) mass is 425 g/mol. The molecule has 154 valence electrons. The van der Waals surface area contributed by atoms with Gasteiger partial charge in [0.2, 0.25) is 5.91 Å². The van der Waals surface area contributed by atoms with Crippen LogP contribution in [-0.2, 0) is 11.3 Å². The van der Waals surface area contributed by atoms with Crippen LogP contribution >= 0.6 is 11.8 Å². The van der Waals surface area contributed by atoms with E-state index in [9.17, 15) is 14.9 Å². The summed E-state index contributed by atoms with van der Waals surface area (Å²) < 4.78 is 7.23. The van der Waals surface area contributed by atoms with E-state index in [2.05, 4.69) is 22.1 Å². The predicted octanol–water partition coefficient (Wildman–Crippen LogP) is 3.78. The third-order valence-corrected chi connectivity index (χ3v) is 5.05. The summed E-state index contributed by atoms with van der Waals surface area (Å²) in [5, 5.41) is 22.6. The first kappa shape index (κ1) is 21.1. The lowest BCUT2D eigenvalue weighted by Crippen LogP contribution is -2.15. The van der Waals surface area contributed by atoms with E-state index in [1.54, 1.807) is 25.3 Å². The van der Waals surface area contributed by atoms with Crippen LogP contribution in [0.1, 0.15) is 0 Å². The Morgan fingerprint density at radius 2 is 2.00 bits per heavy atom.